The number of benzene rings is 1. The summed E-state index contributed by atoms with van der Waals surface area (Å²) < 4.78 is 5.10. The van der Waals surface area contributed by atoms with Gasteiger partial charge in [0.05, 0.1) is 19.3 Å². The summed E-state index contributed by atoms with van der Waals surface area (Å²) in [7, 11) is 1.65. The lowest BCUT2D eigenvalue weighted by Gasteiger charge is -2.32. The zero-order chi connectivity index (χ0) is 12.0. The predicted octanol–water partition coefficient (Wildman–Crippen LogP) is 2.66. The maximum atomic E-state index is 9.45. The first kappa shape index (κ1) is 12.8. The average molecular weight is 223 g/mol. The minimum atomic E-state index is -0.214. The number of ether oxygens (including phenoxy) is 1. The first-order valence-corrected chi connectivity index (χ1v) is 5.72. The van der Waals surface area contributed by atoms with E-state index in [4.69, 9.17) is 4.74 Å². The molecule has 0 fully saturated rings. The van der Waals surface area contributed by atoms with Crippen molar-refractivity contribution in [3.63, 3.8) is 0 Å². The Balaban J connectivity index is 2.77. The molecule has 0 aliphatic rings. The minimum absolute atomic E-state index is 0.145. The second kappa shape index (κ2) is 5.75. The highest BCUT2D eigenvalue weighted by Crippen LogP contribution is 2.23. The van der Waals surface area contributed by atoms with Crippen molar-refractivity contribution in [2.45, 2.75) is 32.2 Å². The Bertz CT molecular complexity index is 296. The summed E-state index contributed by atoms with van der Waals surface area (Å²) in [6, 6.07) is 7.76. The minimum Gasteiger partial charge on any atom is -0.497 e. The average Bonchev–Trinajstić information content (AvgIpc) is 2.37. The van der Waals surface area contributed by atoms with Gasteiger partial charge in [0.25, 0.3) is 0 Å². The van der Waals surface area contributed by atoms with E-state index in [9.17, 15) is 5.11 Å². The number of hydrogen-bond donors (Lipinski definition) is 2. The van der Waals surface area contributed by atoms with Gasteiger partial charge in [-0.25, -0.2) is 0 Å². The van der Waals surface area contributed by atoms with Crippen molar-refractivity contribution in [1.29, 1.82) is 0 Å². The van der Waals surface area contributed by atoms with E-state index in [-0.39, 0.29) is 12.1 Å². The molecule has 0 saturated heterocycles. The quantitative estimate of drug-likeness (QED) is 0.779. The summed E-state index contributed by atoms with van der Waals surface area (Å²) in [6.07, 6.45) is 1.79. The van der Waals surface area contributed by atoms with Gasteiger partial charge in [0, 0.05) is 5.69 Å². The summed E-state index contributed by atoms with van der Waals surface area (Å²) in [5.74, 6) is 0.841. The van der Waals surface area contributed by atoms with Gasteiger partial charge in [0.15, 0.2) is 0 Å². The van der Waals surface area contributed by atoms with Crippen LogP contribution in [-0.4, -0.2) is 24.4 Å². The van der Waals surface area contributed by atoms with E-state index in [0.29, 0.717) is 0 Å². The highest BCUT2D eigenvalue weighted by molar-refractivity contribution is 5.48. The van der Waals surface area contributed by atoms with Crippen LogP contribution in [0.15, 0.2) is 24.3 Å². The fraction of sp³-hybridized carbons (Fsp3) is 0.538. The molecule has 0 radical (unpaired) electrons. The molecule has 0 aliphatic heterocycles. The third-order valence-corrected chi connectivity index (χ3v) is 3.16. The number of aliphatic hydroxyl groups is 1. The Kier molecular flexibility index (Phi) is 4.62. The zero-order valence-electron chi connectivity index (χ0n) is 10.3. The van der Waals surface area contributed by atoms with E-state index >= 15 is 0 Å². The molecule has 1 rings (SSSR count). The van der Waals surface area contributed by atoms with Crippen LogP contribution >= 0.6 is 0 Å². The van der Waals surface area contributed by atoms with Crippen molar-refractivity contribution in [1.82, 2.24) is 0 Å². The molecule has 0 atom stereocenters. The van der Waals surface area contributed by atoms with E-state index in [1.54, 1.807) is 7.11 Å². The maximum absolute atomic E-state index is 9.45. The van der Waals surface area contributed by atoms with Crippen LogP contribution in [0.2, 0.25) is 0 Å². The molecule has 0 aromatic heterocycles. The molecule has 0 amide bonds. The molecule has 0 saturated carbocycles. The van der Waals surface area contributed by atoms with Gasteiger partial charge in [-0.05, 0) is 37.1 Å². The van der Waals surface area contributed by atoms with Gasteiger partial charge in [-0.1, -0.05) is 13.8 Å². The number of nitrogens with one attached hydrogen (secondary N) is 1. The van der Waals surface area contributed by atoms with Crippen molar-refractivity contribution in [3.8, 4) is 5.75 Å². The fourth-order valence-corrected chi connectivity index (χ4v) is 1.67. The van der Waals surface area contributed by atoms with Gasteiger partial charge in [0.2, 0.25) is 0 Å². The van der Waals surface area contributed by atoms with E-state index in [1.165, 1.54) is 0 Å². The SMILES string of the molecule is CCC(CC)(CO)Nc1ccc(OC)cc1. The van der Waals surface area contributed by atoms with Gasteiger partial charge in [-0.3, -0.25) is 0 Å². The molecule has 0 bridgehead atoms. The molecule has 0 aliphatic carbocycles. The van der Waals surface area contributed by atoms with Gasteiger partial charge in [-0.15, -0.1) is 0 Å². The van der Waals surface area contributed by atoms with Gasteiger partial charge < -0.3 is 15.2 Å². The highest BCUT2D eigenvalue weighted by atomic mass is 16.5. The number of methoxy groups -OCH3 is 1. The van der Waals surface area contributed by atoms with E-state index in [1.807, 2.05) is 24.3 Å². The molecule has 0 heterocycles. The van der Waals surface area contributed by atoms with Crippen LogP contribution in [0.5, 0.6) is 5.75 Å². The second-order valence-electron chi connectivity index (χ2n) is 4.00. The third kappa shape index (κ3) is 2.89. The van der Waals surface area contributed by atoms with Crippen molar-refractivity contribution < 1.29 is 9.84 Å². The molecule has 0 unspecified atom stereocenters. The lowest BCUT2D eigenvalue weighted by Crippen LogP contribution is -2.40. The second-order valence-corrected chi connectivity index (χ2v) is 4.00. The molecule has 3 heteroatoms. The van der Waals surface area contributed by atoms with Crippen molar-refractivity contribution in [2.24, 2.45) is 0 Å². The Morgan fingerprint density at radius 1 is 1.19 bits per heavy atom. The van der Waals surface area contributed by atoms with Crippen LogP contribution in [-0.2, 0) is 0 Å². The Labute approximate surface area is 97.4 Å². The molecule has 16 heavy (non-hydrogen) atoms. The predicted molar refractivity (Wildman–Crippen MR) is 67.0 cm³/mol. The Morgan fingerprint density at radius 3 is 2.12 bits per heavy atom. The zero-order valence-corrected chi connectivity index (χ0v) is 10.3. The van der Waals surface area contributed by atoms with Crippen LogP contribution < -0.4 is 10.1 Å². The molecule has 1 aromatic rings. The first-order valence-electron chi connectivity index (χ1n) is 5.72. The molecular formula is C13H21NO2. The molecule has 2 N–H and O–H groups in total. The smallest absolute Gasteiger partial charge is 0.119 e. The van der Waals surface area contributed by atoms with Crippen molar-refractivity contribution in [2.75, 3.05) is 19.0 Å². The lowest BCUT2D eigenvalue weighted by molar-refractivity contribution is 0.202. The third-order valence-electron chi connectivity index (χ3n) is 3.16. The van der Waals surface area contributed by atoms with Crippen LogP contribution in [0.1, 0.15) is 26.7 Å². The van der Waals surface area contributed by atoms with Crippen LogP contribution in [0, 0.1) is 0 Å². The molecule has 3 nitrogen and oxygen atoms in total. The fourth-order valence-electron chi connectivity index (χ4n) is 1.67. The Hall–Kier alpha value is -1.22. The largest absolute Gasteiger partial charge is 0.497 e. The summed E-state index contributed by atoms with van der Waals surface area (Å²) in [4.78, 5) is 0. The first-order chi connectivity index (χ1) is 7.69. The van der Waals surface area contributed by atoms with Crippen LogP contribution in [0.25, 0.3) is 0 Å². The molecule has 1 aromatic carbocycles. The van der Waals surface area contributed by atoms with Crippen molar-refractivity contribution in [3.05, 3.63) is 24.3 Å². The Morgan fingerprint density at radius 2 is 1.75 bits per heavy atom. The van der Waals surface area contributed by atoms with E-state index in [0.717, 1.165) is 24.3 Å². The topological polar surface area (TPSA) is 41.5 Å². The number of hydrogen-bond acceptors (Lipinski definition) is 3. The molecular weight excluding hydrogens is 202 g/mol. The van der Waals surface area contributed by atoms with Gasteiger partial charge in [-0.2, -0.15) is 0 Å². The van der Waals surface area contributed by atoms with Crippen LogP contribution in [0.3, 0.4) is 0 Å². The number of anilines is 1. The standard InChI is InChI=1S/C13H21NO2/c1-4-13(5-2,10-15)14-11-6-8-12(16-3)9-7-11/h6-9,14-15H,4-5,10H2,1-3H3. The molecule has 90 valence electrons. The molecule has 0 spiro atoms. The van der Waals surface area contributed by atoms with Crippen LogP contribution in [0.4, 0.5) is 5.69 Å². The van der Waals surface area contributed by atoms with Gasteiger partial charge in [0.1, 0.15) is 5.75 Å². The number of aliphatic hydroxyl groups excluding tert-OH is 1. The summed E-state index contributed by atoms with van der Waals surface area (Å²) in [5.41, 5.74) is 0.799. The van der Waals surface area contributed by atoms with Gasteiger partial charge >= 0.3 is 0 Å². The van der Waals surface area contributed by atoms with E-state index in [2.05, 4.69) is 19.2 Å². The maximum Gasteiger partial charge on any atom is 0.119 e. The summed E-state index contributed by atoms with van der Waals surface area (Å²) >= 11 is 0. The highest BCUT2D eigenvalue weighted by Gasteiger charge is 2.24. The van der Waals surface area contributed by atoms with Crippen molar-refractivity contribution >= 4 is 5.69 Å². The monoisotopic (exact) mass is 223 g/mol. The normalized spacial score (nSPS) is 11.2. The summed E-state index contributed by atoms with van der Waals surface area (Å²) in [5, 5.41) is 12.8. The number of rotatable bonds is 6. The lowest BCUT2D eigenvalue weighted by atomic mass is 9.93. The van der Waals surface area contributed by atoms with E-state index < -0.39 is 0 Å². The summed E-state index contributed by atoms with van der Waals surface area (Å²) in [6.45, 7) is 4.30.